The monoisotopic (exact) mass is 329 g/mol. The van der Waals surface area contributed by atoms with Crippen molar-refractivity contribution in [2.75, 3.05) is 18.0 Å². The molecule has 2 aliphatic rings. The summed E-state index contributed by atoms with van der Waals surface area (Å²) in [5, 5.41) is 3.13. The van der Waals surface area contributed by atoms with Crippen LogP contribution in [0.4, 0.5) is 5.69 Å². The second-order valence-corrected chi connectivity index (χ2v) is 7.27. The summed E-state index contributed by atoms with van der Waals surface area (Å²) in [7, 11) is 0. The van der Waals surface area contributed by atoms with E-state index in [4.69, 9.17) is 5.73 Å². The van der Waals surface area contributed by atoms with Crippen molar-refractivity contribution in [1.29, 1.82) is 0 Å². The van der Waals surface area contributed by atoms with Crippen LogP contribution in [0.2, 0.25) is 0 Å². The van der Waals surface area contributed by atoms with E-state index < -0.39 is 0 Å². The van der Waals surface area contributed by atoms with Crippen molar-refractivity contribution in [1.82, 2.24) is 5.32 Å². The highest BCUT2D eigenvalue weighted by atomic mass is 16.2. The van der Waals surface area contributed by atoms with Crippen molar-refractivity contribution < 1.29 is 9.59 Å². The summed E-state index contributed by atoms with van der Waals surface area (Å²) in [6, 6.07) is 7.92. The molecule has 3 N–H and O–H groups in total. The first-order chi connectivity index (χ1) is 11.5. The van der Waals surface area contributed by atoms with E-state index in [1.54, 1.807) is 4.90 Å². The van der Waals surface area contributed by atoms with Crippen LogP contribution >= 0.6 is 0 Å². The third-order valence-electron chi connectivity index (χ3n) is 5.47. The van der Waals surface area contributed by atoms with Crippen LogP contribution in [-0.2, 0) is 16.0 Å². The van der Waals surface area contributed by atoms with Gasteiger partial charge in [0, 0.05) is 25.2 Å². The maximum absolute atomic E-state index is 12.7. The van der Waals surface area contributed by atoms with Gasteiger partial charge in [0.2, 0.25) is 11.8 Å². The second-order valence-electron chi connectivity index (χ2n) is 7.27. The van der Waals surface area contributed by atoms with Gasteiger partial charge in [0.1, 0.15) is 0 Å². The Labute approximate surface area is 143 Å². The molecule has 0 bridgehead atoms. The molecule has 2 atom stereocenters. The van der Waals surface area contributed by atoms with E-state index in [0.29, 0.717) is 19.0 Å². The summed E-state index contributed by atoms with van der Waals surface area (Å²) in [6.45, 7) is 4.98. The predicted octanol–water partition coefficient (Wildman–Crippen LogP) is 1.85. The third-order valence-corrected chi connectivity index (χ3v) is 5.47. The van der Waals surface area contributed by atoms with Gasteiger partial charge in [0.05, 0.1) is 11.5 Å². The van der Waals surface area contributed by atoms with E-state index in [1.807, 2.05) is 31.2 Å². The van der Waals surface area contributed by atoms with Gasteiger partial charge in [0.25, 0.3) is 0 Å². The van der Waals surface area contributed by atoms with Crippen LogP contribution in [0.25, 0.3) is 0 Å². The summed E-state index contributed by atoms with van der Waals surface area (Å²) in [5.41, 5.74) is 7.62. The summed E-state index contributed by atoms with van der Waals surface area (Å²) >= 11 is 0. The Morgan fingerprint density at radius 1 is 1.38 bits per heavy atom. The number of nitrogens with zero attached hydrogens (tertiary/aromatic N) is 1. The molecule has 24 heavy (non-hydrogen) atoms. The zero-order chi connectivity index (χ0) is 17.3. The molecule has 1 aliphatic carbocycles. The fourth-order valence-corrected chi connectivity index (χ4v) is 3.61. The molecule has 0 aromatic heterocycles. The van der Waals surface area contributed by atoms with E-state index in [9.17, 15) is 9.59 Å². The molecule has 1 saturated carbocycles. The Balaban J connectivity index is 1.71. The fourth-order valence-electron chi connectivity index (χ4n) is 3.61. The smallest absolute Gasteiger partial charge is 0.227 e. The van der Waals surface area contributed by atoms with E-state index in [-0.39, 0.29) is 29.7 Å². The van der Waals surface area contributed by atoms with Crippen LogP contribution in [-0.4, -0.2) is 30.4 Å². The summed E-state index contributed by atoms with van der Waals surface area (Å²) in [6.07, 6.45) is 3.38. The van der Waals surface area contributed by atoms with Gasteiger partial charge >= 0.3 is 0 Å². The number of amides is 2. The Morgan fingerprint density at radius 3 is 2.71 bits per heavy atom. The Bertz CT molecular complexity index is 641. The van der Waals surface area contributed by atoms with Crippen LogP contribution in [0.15, 0.2) is 24.3 Å². The highest BCUT2D eigenvalue weighted by Gasteiger charge is 2.44. The summed E-state index contributed by atoms with van der Waals surface area (Å²) < 4.78 is 0. The number of aryl methyl sites for hydroxylation is 1. The SMILES string of the molecule is CCc1ccccc1N1CC(C(=O)NC(C)(CN)C2CC2)CC1=O. The molecule has 2 fully saturated rings. The molecule has 0 radical (unpaired) electrons. The largest absolute Gasteiger partial charge is 0.349 e. The molecule has 5 nitrogen and oxygen atoms in total. The van der Waals surface area contributed by atoms with Crippen LogP contribution in [0.3, 0.4) is 0 Å². The lowest BCUT2D eigenvalue weighted by molar-refractivity contribution is -0.128. The number of nitrogens with two attached hydrogens (primary N) is 1. The predicted molar refractivity (Wildman–Crippen MR) is 94.6 cm³/mol. The first-order valence-electron chi connectivity index (χ1n) is 8.89. The molecule has 1 aromatic carbocycles. The molecule has 1 saturated heterocycles. The van der Waals surface area contributed by atoms with Crippen molar-refractivity contribution in [3.63, 3.8) is 0 Å². The van der Waals surface area contributed by atoms with E-state index >= 15 is 0 Å². The van der Waals surface area contributed by atoms with Gasteiger partial charge in [-0.25, -0.2) is 0 Å². The minimum Gasteiger partial charge on any atom is -0.349 e. The zero-order valence-corrected chi connectivity index (χ0v) is 14.5. The average molecular weight is 329 g/mol. The minimum atomic E-state index is -0.338. The molecule has 130 valence electrons. The topological polar surface area (TPSA) is 75.4 Å². The molecule has 3 rings (SSSR count). The van der Waals surface area contributed by atoms with Gasteiger partial charge in [-0.15, -0.1) is 0 Å². The first-order valence-corrected chi connectivity index (χ1v) is 8.89. The van der Waals surface area contributed by atoms with E-state index in [1.165, 1.54) is 0 Å². The number of hydrogen-bond acceptors (Lipinski definition) is 3. The van der Waals surface area contributed by atoms with E-state index in [2.05, 4.69) is 12.2 Å². The molecule has 5 heteroatoms. The lowest BCUT2D eigenvalue weighted by Gasteiger charge is -2.30. The van der Waals surface area contributed by atoms with Crippen molar-refractivity contribution >= 4 is 17.5 Å². The Kier molecular flexibility index (Phi) is 4.63. The number of anilines is 1. The zero-order valence-electron chi connectivity index (χ0n) is 14.5. The number of carbonyl (C=O) groups is 2. The van der Waals surface area contributed by atoms with Gasteiger partial charge in [-0.1, -0.05) is 25.1 Å². The highest BCUT2D eigenvalue weighted by Crippen LogP contribution is 2.39. The van der Waals surface area contributed by atoms with Gasteiger partial charge in [0.15, 0.2) is 0 Å². The normalized spacial score (nSPS) is 23.2. The molecular formula is C19H27N3O2. The lowest BCUT2D eigenvalue weighted by atomic mass is 9.94. The highest BCUT2D eigenvalue weighted by molar-refractivity contribution is 6.01. The molecule has 1 aliphatic heterocycles. The minimum absolute atomic E-state index is 0.0249. The quantitative estimate of drug-likeness (QED) is 0.836. The standard InChI is InChI=1S/C19H27N3O2/c1-3-13-6-4-5-7-16(13)22-11-14(10-17(22)23)18(24)21-19(2,12-20)15-8-9-15/h4-7,14-15H,3,8-12,20H2,1-2H3,(H,21,24). The molecule has 1 aromatic rings. The van der Waals surface area contributed by atoms with Crippen molar-refractivity contribution in [2.45, 2.75) is 45.1 Å². The number of rotatable bonds is 6. The van der Waals surface area contributed by atoms with Crippen LogP contribution in [0, 0.1) is 11.8 Å². The first kappa shape index (κ1) is 17.0. The molecule has 0 spiro atoms. The number of carbonyl (C=O) groups excluding carboxylic acids is 2. The van der Waals surface area contributed by atoms with Crippen molar-refractivity contribution in [2.24, 2.45) is 17.6 Å². The average Bonchev–Trinajstić information content (AvgIpc) is 3.38. The molecular weight excluding hydrogens is 302 g/mol. The van der Waals surface area contributed by atoms with Gasteiger partial charge in [-0.3, -0.25) is 9.59 Å². The Hall–Kier alpha value is -1.88. The maximum atomic E-state index is 12.7. The van der Waals surface area contributed by atoms with Crippen LogP contribution in [0.5, 0.6) is 0 Å². The van der Waals surface area contributed by atoms with Gasteiger partial charge < -0.3 is 16.0 Å². The fraction of sp³-hybridized carbons (Fsp3) is 0.579. The summed E-state index contributed by atoms with van der Waals surface area (Å²) in [5.74, 6) is 0.157. The number of para-hydroxylation sites is 1. The van der Waals surface area contributed by atoms with Gasteiger partial charge in [-0.05, 0) is 43.7 Å². The molecule has 2 amide bonds. The second kappa shape index (κ2) is 6.55. The van der Waals surface area contributed by atoms with E-state index in [0.717, 1.165) is 30.5 Å². The lowest BCUT2D eigenvalue weighted by Crippen LogP contribution is -2.54. The van der Waals surface area contributed by atoms with Gasteiger partial charge in [-0.2, -0.15) is 0 Å². The Morgan fingerprint density at radius 2 is 2.08 bits per heavy atom. The number of nitrogens with one attached hydrogen (secondary N) is 1. The number of hydrogen-bond donors (Lipinski definition) is 2. The number of benzene rings is 1. The molecule has 1 heterocycles. The van der Waals surface area contributed by atoms with Crippen LogP contribution < -0.4 is 16.0 Å². The van der Waals surface area contributed by atoms with Crippen molar-refractivity contribution in [3.8, 4) is 0 Å². The maximum Gasteiger partial charge on any atom is 0.227 e. The molecule has 2 unspecified atom stereocenters. The summed E-state index contributed by atoms with van der Waals surface area (Å²) in [4.78, 5) is 26.9. The van der Waals surface area contributed by atoms with Crippen LogP contribution in [0.1, 0.15) is 38.7 Å². The van der Waals surface area contributed by atoms with Crippen molar-refractivity contribution in [3.05, 3.63) is 29.8 Å². The third kappa shape index (κ3) is 3.18.